The Balaban J connectivity index is 1.85. The third kappa shape index (κ3) is 4.09. The van der Waals surface area contributed by atoms with E-state index in [-0.39, 0.29) is 22.8 Å². The second-order valence-electron chi connectivity index (χ2n) is 7.31. The summed E-state index contributed by atoms with van der Waals surface area (Å²) in [5.41, 5.74) is 8.18. The lowest BCUT2D eigenvalue weighted by Crippen LogP contribution is -2.25. The van der Waals surface area contributed by atoms with E-state index in [2.05, 4.69) is 10.6 Å². The minimum atomic E-state index is -0.804. The van der Waals surface area contributed by atoms with Gasteiger partial charge in [-0.2, -0.15) is 0 Å². The quantitative estimate of drug-likeness (QED) is 0.430. The molecule has 4 rings (SSSR count). The summed E-state index contributed by atoms with van der Waals surface area (Å²) in [6, 6.07) is 9.65. The molecule has 9 heteroatoms. The van der Waals surface area contributed by atoms with Crippen LogP contribution >= 0.6 is 22.6 Å². The van der Waals surface area contributed by atoms with Gasteiger partial charge in [-0.25, -0.2) is 4.39 Å². The van der Waals surface area contributed by atoms with Crippen LogP contribution in [-0.4, -0.2) is 17.0 Å². The second kappa shape index (κ2) is 8.22. The number of aromatic nitrogens is 1. The third-order valence-corrected chi connectivity index (χ3v) is 5.77. The normalized spacial score (nSPS) is 12.3. The summed E-state index contributed by atoms with van der Waals surface area (Å²) in [6.45, 7) is 2.70. The number of nitrogens with one attached hydrogen (secondary N) is 2. The minimum absolute atomic E-state index is 0.0173. The number of hydrogen-bond acceptors (Lipinski definition) is 5. The van der Waals surface area contributed by atoms with Crippen molar-refractivity contribution in [2.75, 3.05) is 17.2 Å². The number of ether oxygens (including phenoxy) is 1. The molecule has 2 aromatic carbocycles. The summed E-state index contributed by atoms with van der Waals surface area (Å²) in [6.07, 6.45) is 0.751. The van der Waals surface area contributed by atoms with Gasteiger partial charge in [0.2, 0.25) is 0 Å². The number of rotatable bonds is 5. The number of benzene rings is 2. The number of hydrogen-bond donors (Lipinski definition) is 3. The van der Waals surface area contributed by atoms with Crippen molar-refractivity contribution < 1.29 is 13.9 Å². The molecule has 1 aliphatic heterocycles. The zero-order chi connectivity index (χ0) is 22.3. The molecule has 31 heavy (non-hydrogen) atoms. The summed E-state index contributed by atoms with van der Waals surface area (Å²) in [5.74, 6) is -0.714. The minimum Gasteiger partial charge on any atom is -0.456 e. The van der Waals surface area contributed by atoms with Crippen LogP contribution in [0.25, 0.3) is 0 Å². The van der Waals surface area contributed by atoms with Crippen molar-refractivity contribution in [2.24, 2.45) is 12.8 Å². The van der Waals surface area contributed by atoms with Gasteiger partial charge in [0.1, 0.15) is 28.7 Å². The van der Waals surface area contributed by atoms with Crippen LogP contribution in [0.2, 0.25) is 0 Å². The van der Waals surface area contributed by atoms with Crippen molar-refractivity contribution in [1.29, 1.82) is 0 Å². The zero-order valence-corrected chi connectivity index (χ0v) is 19.0. The first-order valence-electron chi connectivity index (χ1n) is 9.55. The standard InChI is InChI=1S/C22H20FIN4O3/c1-11-7-16-13(5-6-26-16)17(8-11)31-18-10-19(29)28(2)22(20(18)21(25)30)27-15-4-3-12(24)9-14(15)23/h3-4,7-10,26-27H,5-6H2,1-2H3,(H2,25,30). The van der Waals surface area contributed by atoms with Gasteiger partial charge in [0, 0.05) is 34.5 Å². The molecule has 0 aliphatic carbocycles. The number of fused-ring (bicyclic) bond motifs is 1. The van der Waals surface area contributed by atoms with E-state index in [9.17, 15) is 14.0 Å². The molecule has 1 amide bonds. The predicted molar refractivity (Wildman–Crippen MR) is 126 cm³/mol. The SMILES string of the molecule is Cc1cc2c(c(Oc3cc(=O)n(C)c(Nc4ccc(I)cc4F)c3C(N)=O)c1)CCN2. The van der Waals surface area contributed by atoms with Crippen LogP contribution in [0, 0.1) is 16.3 Å². The Labute approximate surface area is 191 Å². The molecule has 7 nitrogen and oxygen atoms in total. The topological polar surface area (TPSA) is 98.4 Å². The molecule has 3 aromatic rings. The molecule has 4 N–H and O–H groups in total. The first-order chi connectivity index (χ1) is 14.7. The molecule has 2 heterocycles. The van der Waals surface area contributed by atoms with E-state index in [1.54, 1.807) is 6.07 Å². The van der Waals surface area contributed by atoms with Gasteiger partial charge in [-0.15, -0.1) is 0 Å². The van der Waals surface area contributed by atoms with Crippen LogP contribution in [0.3, 0.4) is 0 Å². The van der Waals surface area contributed by atoms with Crippen molar-refractivity contribution in [2.45, 2.75) is 13.3 Å². The molecule has 1 aromatic heterocycles. The number of anilines is 3. The summed E-state index contributed by atoms with van der Waals surface area (Å²) in [4.78, 5) is 25.0. The van der Waals surface area contributed by atoms with Crippen LogP contribution in [0.15, 0.2) is 41.2 Å². The van der Waals surface area contributed by atoms with E-state index in [0.717, 1.165) is 29.8 Å². The average molecular weight is 534 g/mol. The van der Waals surface area contributed by atoms with Gasteiger partial charge in [-0.1, -0.05) is 0 Å². The Morgan fingerprint density at radius 2 is 2.03 bits per heavy atom. The van der Waals surface area contributed by atoms with Gasteiger partial charge in [0.15, 0.2) is 0 Å². The van der Waals surface area contributed by atoms with Crippen LogP contribution in [-0.2, 0) is 13.5 Å². The van der Waals surface area contributed by atoms with E-state index in [0.29, 0.717) is 9.32 Å². The van der Waals surface area contributed by atoms with Crippen LogP contribution in [0.5, 0.6) is 11.5 Å². The van der Waals surface area contributed by atoms with Crippen molar-refractivity contribution in [3.63, 3.8) is 0 Å². The largest absolute Gasteiger partial charge is 0.456 e. The Hall–Kier alpha value is -3.08. The van der Waals surface area contributed by atoms with Gasteiger partial charge in [-0.3, -0.25) is 14.2 Å². The number of nitrogens with zero attached hydrogens (tertiary/aromatic N) is 1. The maximum absolute atomic E-state index is 14.4. The molecule has 0 atom stereocenters. The molecule has 0 saturated carbocycles. The van der Waals surface area contributed by atoms with Gasteiger partial charge in [0.05, 0.1) is 5.69 Å². The van der Waals surface area contributed by atoms with Crippen LogP contribution < -0.4 is 26.7 Å². The lowest BCUT2D eigenvalue weighted by Gasteiger charge is -2.19. The molecule has 0 saturated heterocycles. The number of aryl methyl sites for hydroxylation is 1. The van der Waals surface area contributed by atoms with Crippen LogP contribution in [0.4, 0.5) is 21.6 Å². The summed E-state index contributed by atoms with van der Waals surface area (Å²) in [7, 11) is 1.47. The molecule has 160 valence electrons. The van der Waals surface area contributed by atoms with Gasteiger partial charge in [0.25, 0.3) is 11.5 Å². The number of halogens is 2. The number of amides is 1. The number of carbonyl (C=O) groups excluding carboxylic acids is 1. The Bertz CT molecular complexity index is 1270. The second-order valence-corrected chi connectivity index (χ2v) is 8.56. The third-order valence-electron chi connectivity index (χ3n) is 5.10. The fourth-order valence-corrected chi connectivity index (χ4v) is 4.04. The molecule has 0 fully saturated rings. The summed E-state index contributed by atoms with van der Waals surface area (Å²) < 4.78 is 22.4. The fraction of sp³-hybridized carbons (Fsp3) is 0.182. The zero-order valence-electron chi connectivity index (χ0n) is 16.9. The van der Waals surface area contributed by atoms with Gasteiger partial charge >= 0.3 is 0 Å². The van der Waals surface area contributed by atoms with Crippen molar-refractivity contribution in [3.05, 3.63) is 72.8 Å². The maximum Gasteiger partial charge on any atom is 0.256 e. The smallest absolute Gasteiger partial charge is 0.256 e. The van der Waals surface area contributed by atoms with E-state index < -0.39 is 17.3 Å². The lowest BCUT2D eigenvalue weighted by atomic mass is 10.1. The Morgan fingerprint density at radius 1 is 1.26 bits per heavy atom. The predicted octanol–water partition coefficient (Wildman–Crippen LogP) is 4.04. The molecular weight excluding hydrogens is 514 g/mol. The lowest BCUT2D eigenvalue weighted by molar-refractivity contribution is 0.0998. The highest BCUT2D eigenvalue weighted by Crippen LogP contribution is 2.37. The monoisotopic (exact) mass is 534 g/mol. The molecular formula is C22H20FIN4O3. The van der Waals surface area contributed by atoms with Crippen molar-refractivity contribution in [1.82, 2.24) is 4.57 Å². The van der Waals surface area contributed by atoms with E-state index in [1.165, 1.54) is 29.8 Å². The highest BCUT2D eigenvalue weighted by molar-refractivity contribution is 14.1. The first-order valence-corrected chi connectivity index (χ1v) is 10.6. The molecule has 1 aliphatic rings. The number of carbonyl (C=O) groups is 1. The summed E-state index contributed by atoms with van der Waals surface area (Å²) in [5, 5.41) is 6.13. The number of primary amides is 1. The van der Waals surface area contributed by atoms with E-state index in [1.807, 2.05) is 41.6 Å². The summed E-state index contributed by atoms with van der Waals surface area (Å²) >= 11 is 1.99. The molecule has 0 spiro atoms. The van der Waals surface area contributed by atoms with E-state index in [4.69, 9.17) is 10.5 Å². The van der Waals surface area contributed by atoms with Crippen molar-refractivity contribution >= 4 is 45.7 Å². The Morgan fingerprint density at radius 3 is 2.74 bits per heavy atom. The highest BCUT2D eigenvalue weighted by Gasteiger charge is 2.24. The maximum atomic E-state index is 14.4. The number of pyridine rings is 1. The van der Waals surface area contributed by atoms with Crippen molar-refractivity contribution in [3.8, 4) is 11.5 Å². The van der Waals surface area contributed by atoms with Gasteiger partial charge in [-0.05, 0) is 71.8 Å². The highest BCUT2D eigenvalue weighted by atomic mass is 127. The Kier molecular flexibility index (Phi) is 5.61. The first kappa shape index (κ1) is 21.2. The van der Waals surface area contributed by atoms with Gasteiger partial charge < -0.3 is 21.1 Å². The average Bonchev–Trinajstić information content (AvgIpc) is 3.16. The molecule has 0 bridgehead atoms. The van der Waals surface area contributed by atoms with Crippen LogP contribution in [0.1, 0.15) is 21.5 Å². The fourth-order valence-electron chi connectivity index (χ4n) is 3.59. The number of nitrogens with two attached hydrogens (primary N) is 1. The molecule has 0 radical (unpaired) electrons. The van der Waals surface area contributed by atoms with E-state index >= 15 is 0 Å². The molecule has 0 unspecified atom stereocenters.